The van der Waals surface area contributed by atoms with E-state index in [2.05, 4.69) is 11.2 Å². The number of nitriles is 1. The number of para-hydroxylation sites is 1. The van der Waals surface area contributed by atoms with Crippen molar-refractivity contribution >= 4 is 29.0 Å². The number of nitrogen functional groups attached to an aromatic ring is 1. The second-order valence-electron chi connectivity index (χ2n) is 4.59. The third-order valence-corrected chi connectivity index (χ3v) is 3.77. The van der Waals surface area contributed by atoms with E-state index in [1.54, 1.807) is 18.2 Å². The van der Waals surface area contributed by atoms with E-state index < -0.39 is 0 Å². The van der Waals surface area contributed by atoms with Gasteiger partial charge in [-0.25, -0.2) is 4.68 Å². The number of nitrogens with two attached hydrogens (primary N) is 1. The van der Waals surface area contributed by atoms with Gasteiger partial charge in [-0.1, -0.05) is 41.4 Å². The Morgan fingerprint density at radius 3 is 2.45 bits per heavy atom. The summed E-state index contributed by atoms with van der Waals surface area (Å²) in [5.74, 6) is 0.273. The molecule has 0 fully saturated rings. The first-order valence-electron chi connectivity index (χ1n) is 6.41. The van der Waals surface area contributed by atoms with Gasteiger partial charge in [0, 0.05) is 10.6 Å². The highest BCUT2D eigenvalue weighted by Crippen LogP contribution is 2.34. The summed E-state index contributed by atoms with van der Waals surface area (Å²) in [5.41, 5.74) is 8.18. The molecule has 3 aromatic rings. The summed E-state index contributed by atoms with van der Waals surface area (Å²) in [6.45, 7) is 0. The van der Waals surface area contributed by atoms with Crippen LogP contribution in [0.2, 0.25) is 10.0 Å². The third kappa shape index (κ3) is 2.41. The van der Waals surface area contributed by atoms with Crippen molar-refractivity contribution in [1.29, 1.82) is 5.26 Å². The lowest BCUT2D eigenvalue weighted by molar-refractivity contribution is 0.895. The number of anilines is 1. The maximum atomic E-state index is 9.41. The summed E-state index contributed by atoms with van der Waals surface area (Å²) >= 11 is 12.1. The van der Waals surface area contributed by atoms with Gasteiger partial charge in [0.15, 0.2) is 0 Å². The highest BCUT2D eigenvalue weighted by molar-refractivity contribution is 6.36. The molecule has 0 saturated carbocycles. The zero-order chi connectivity index (χ0) is 15.7. The number of aromatic nitrogens is 2. The van der Waals surface area contributed by atoms with Crippen molar-refractivity contribution in [2.75, 3.05) is 5.73 Å². The van der Waals surface area contributed by atoms with Gasteiger partial charge in [0.05, 0.1) is 10.7 Å². The molecule has 2 aromatic carbocycles. The van der Waals surface area contributed by atoms with Gasteiger partial charge in [0.2, 0.25) is 0 Å². The molecule has 0 radical (unpaired) electrons. The molecule has 0 aliphatic carbocycles. The molecule has 0 amide bonds. The van der Waals surface area contributed by atoms with E-state index in [0.29, 0.717) is 21.3 Å². The summed E-state index contributed by atoms with van der Waals surface area (Å²) in [5, 5.41) is 14.8. The Morgan fingerprint density at radius 1 is 1.09 bits per heavy atom. The molecule has 108 valence electrons. The Morgan fingerprint density at radius 2 is 1.82 bits per heavy atom. The predicted molar refractivity (Wildman–Crippen MR) is 88.1 cm³/mol. The van der Waals surface area contributed by atoms with Crippen LogP contribution in [0.15, 0.2) is 48.5 Å². The number of rotatable bonds is 2. The highest BCUT2D eigenvalue weighted by Gasteiger charge is 2.19. The number of hydrogen-bond acceptors (Lipinski definition) is 3. The molecule has 0 unspecified atom stereocenters. The third-order valence-electron chi connectivity index (χ3n) is 3.22. The smallest absolute Gasteiger partial charge is 0.145 e. The lowest BCUT2D eigenvalue weighted by Gasteiger charge is -2.03. The van der Waals surface area contributed by atoms with Crippen LogP contribution in [0.1, 0.15) is 5.56 Å². The van der Waals surface area contributed by atoms with Crippen LogP contribution in [0.4, 0.5) is 5.82 Å². The second kappa shape index (κ2) is 5.72. The van der Waals surface area contributed by atoms with Gasteiger partial charge in [-0.2, -0.15) is 10.4 Å². The van der Waals surface area contributed by atoms with Crippen molar-refractivity contribution in [3.63, 3.8) is 0 Å². The summed E-state index contributed by atoms with van der Waals surface area (Å²) in [7, 11) is 0. The largest absolute Gasteiger partial charge is 0.382 e. The van der Waals surface area contributed by atoms with Crippen LogP contribution in [-0.2, 0) is 0 Å². The molecule has 0 aliphatic rings. The number of halogens is 2. The van der Waals surface area contributed by atoms with Crippen LogP contribution < -0.4 is 5.73 Å². The van der Waals surface area contributed by atoms with Gasteiger partial charge in [-0.05, 0) is 30.3 Å². The van der Waals surface area contributed by atoms with Crippen molar-refractivity contribution in [2.24, 2.45) is 0 Å². The maximum Gasteiger partial charge on any atom is 0.145 e. The van der Waals surface area contributed by atoms with Crippen molar-refractivity contribution in [3.8, 4) is 23.0 Å². The first kappa shape index (κ1) is 14.5. The normalized spacial score (nSPS) is 10.4. The van der Waals surface area contributed by atoms with Crippen LogP contribution in [0.3, 0.4) is 0 Å². The fraction of sp³-hybridized carbons (Fsp3) is 0. The fourth-order valence-corrected chi connectivity index (χ4v) is 2.68. The number of nitrogens with zero attached hydrogens (tertiary/aromatic N) is 3. The summed E-state index contributed by atoms with van der Waals surface area (Å²) < 4.78 is 1.53. The zero-order valence-electron chi connectivity index (χ0n) is 11.3. The van der Waals surface area contributed by atoms with E-state index in [4.69, 9.17) is 28.9 Å². The molecule has 0 atom stereocenters. The summed E-state index contributed by atoms with van der Waals surface area (Å²) in [6.07, 6.45) is 0. The minimum Gasteiger partial charge on any atom is -0.382 e. The second-order valence-corrected chi connectivity index (χ2v) is 5.44. The molecule has 0 bridgehead atoms. The van der Waals surface area contributed by atoms with Crippen LogP contribution in [-0.4, -0.2) is 9.78 Å². The maximum absolute atomic E-state index is 9.41. The van der Waals surface area contributed by atoms with Crippen molar-refractivity contribution in [1.82, 2.24) is 9.78 Å². The lowest BCUT2D eigenvalue weighted by atomic mass is 10.1. The summed E-state index contributed by atoms with van der Waals surface area (Å²) in [6, 6.07) is 16.5. The van der Waals surface area contributed by atoms with E-state index in [0.717, 1.165) is 5.69 Å². The molecule has 6 heteroatoms. The van der Waals surface area contributed by atoms with E-state index in [1.807, 2.05) is 30.3 Å². The highest BCUT2D eigenvalue weighted by atomic mass is 35.5. The standard InChI is InChI=1S/C16H10Cl2N4/c17-10-6-7-12(14(18)8-10)15-13(9-19)16(20)22(21-15)11-4-2-1-3-5-11/h1-8H,20H2. The van der Waals surface area contributed by atoms with Gasteiger partial charge < -0.3 is 5.73 Å². The van der Waals surface area contributed by atoms with Gasteiger partial charge >= 0.3 is 0 Å². The van der Waals surface area contributed by atoms with Gasteiger partial charge in [0.25, 0.3) is 0 Å². The van der Waals surface area contributed by atoms with Crippen molar-refractivity contribution in [2.45, 2.75) is 0 Å². The van der Waals surface area contributed by atoms with Gasteiger partial charge in [-0.3, -0.25) is 0 Å². The Kier molecular flexibility index (Phi) is 3.76. The average molecular weight is 329 g/mol. The monoisotopic (exact) mass is 328 g/mol. The zero-order valence-corrected chi connectivity index (χ0v) is 12.8. The van der Waals surface area contributed by atoms with Crippen LogP contribution >= 0.6 is 23.2 Å². The Hall–Kier alpha value is -2.48. The predicted octanol–water partition coefficient (Wildman–Crippen LogP) is 4.30. The first-order valence-corrected chi connectivity index (χ1v) is 7.17. The lowest BCUT2D eigenvalue weighted by Crippen LogP contribution is -2.01. The minimum absolute atomic E-state index is 0.273. The van der Waals surface area contributed by atoms with Crippen LogP contribution in [0.5, 0.6) is 0 Å². The minimum atomic E-state index is 0.273. The SMILES string of the molecule is N#Cc1c(-c2ccc(Cl)cc2Cl)nn(-c2ccccc2)c1N. The molecule has 0 aliphatic heterocycles. The first-order chi connectivity index (χ1) is 10.6. The van der Waals surface area contributed by atoms with Gasteiger partial charge in [-0.15, -0.1) is 0 Å². The molecule has 3 rings (SSSR count). The molecule has 0 saturated heterocycles. The molecule has 1 heterocycles. The molecule has 1 aromatic heterocycles. The topological polar surface area (TPSA) is 67.6 Å². The number of benzene rings is 2. The fourth-order valence-electron chi connectivity index (χ4n) is 2.18. The van der Waals surface area contributed by atoms with Crippen LogP contribution in [0, 0.1) is 11.3 Å². The van der Waals surface area contributed by atoms with E-state index in [1.165, 1.54) is 4.68 Å². The molecule has 0 spiro atoms. The van der Waals surface area contributed by atoms with Gasteiger partial charge in [0.1, 0.15) is 23.1 Å². The molecular weight excluding hydrogens is 319 g/mol. The van der Waals surface area contributed by atoms with Crippen molar-refractivity contribution in [3.05, 3.63) is 64.1 Å². The van der Waals surface area contributed by atoms with E-state index in [9.17, 15) is 5.26 Å². The quantitative estimate of drug-likeness (QED) is 0.762. The average Bonchev–Trinajstić information content (AvgIpc) is 2.84. The molecule has 2 N–H and O–H groups in total. The van der Waals surface area contributed by atoms with Crippen LogP contribution in [0.25, 0.3) is 16.9 Å². The molecular formula is C16H10Cl2N4. The molecule has 22 heavy (non-hydrogen) atoms. The van der Waals surface area contributed by atoms with Crippen molar-refractivity contribution < 1.29 is 0 Å². The Bertz CT molecular complexity index is 879. The Balaban J connectivity index is 2.24. The Labute approximate surface area is 137 Å². The molecule has 4 nitrogen and oxygen atoms in total. The summed E-state index contributed by atoms with van der Waals surface area (Å²) in [4.78, 5) is 0. The number of hydrogen-bond donors (Lipinski definition) is 1. The van der Waals surface area contributed by atoms with E-state index in [-0.39, 0.29) is 11.4 Å². The van der Waals surface area contributed by atoms with E-state index >= 15 is 0 Å².